The normalized spacial score (nSPS) is 12.0. The third-order valence-corrected chi connectivity index (χ3v) is 5.81. The molecule has 0 aliphatic rings. The van der Waals surface area contributed by atoms with Gasteiger partial charge in [-0.15, -0.1) is 0 Å². The van der Waals surface area contributed by atoms with Gasteiger partial charge in [-0.05, 0) is 33.6 Å². The quantitative estimate of drug-likeness (QED) is 0.109. The largest absolute Gasteiger partial charge is 0.394 e. The van der Waals surface area contributed by atoms with E-state index in [4.69, 9.17) is 38.3 Å². The molecule has 0 atom stereocenters. The fraction of sp³-hybridized carbons (Fsp3) is 1.00. The summed E-state index contributed by atoms with van der Waals surface area (Å²) in [4.78, 5) is 0. The van der Waals surface area contributed by atoms with Crippen LogP contribution in [0, 0.1) is 0 Å². The zero-order chi connectivity index (χ0) is 27.8. The van der Waals surface area contributed by atoms with Gasteiger partial charge in [0.25, 0.3) is 0 Å². The molecule has 0 amide bonds. The van der Waals surface area contributed by atoms with Crippen LogP contribution in [0.15, 0.2) is 0 Å². The van der Waals surface area contributed by atoms with Crippen molar-refractivity contribution in [2.45, 2.75) is 103 Å². The van der Waals surface area contributed by atoms with Gasteiger partial charge < -0.3 is 38.3 Å². The van der Waals surface area contributed by atoms with Crippen LogP contribution in [0.2, 0.25) is 0 Å². The molecule has 0 bridgehead atoms. The first-order valence-electron chi connectivity index (χ1n) is 15.3. The number of ether oxygens (including phenoxy) is 7. The molecular weight excluding hydrogens is 488 g/mol. The van der Waals surface area contributed by atoms with Crippen LogP contribution >= 0.6 is 0 Å². The van der Waals surface area contributed by atoms with Gasteiger partial charge in [0, 0.05) is 13.2 Å². The van der Waals surface area contributed by atoms with E-state index in [0.717, 1.165) is 19.6 Å². The Morgan fingerprint density at radius 3 is 0.921 bits per heavy atom. The number of hydrogen-bond acceptors (Lipinski definition) is 8. The highest BCUT2D eigenvalue weighted by atomic mass is 16.6. The highest BCUT2D eigenvalue weighted by Gasteiger charge is 2.08. The summed E-state index contributed by atoms with van der Waals surface area (Å²) in [7, 11) is 0. The molecule has 0 fully saturated rings. The molecule has 0 spiro atoms. The molecule has 8 nitrogen and oxygen atoms in total. The Bertz CT molecular complexity index is 431. The van der Waals surface area contributed by atoms with Crippen molar-refractivity contribution < 1.29 is 38.3 Å². The van der Waals surface area contributed by atoms with Crippen LogP contribution < -0.4 is 0 Å². The third-order valence-electron chi connectivity index (χ3n) is 5.81. The molecule has 0 unspecified atom stereocenters. The average Bonchev–Trinajstić information content (AvgIpc) is 2.88. The minimum Gasteiger partial charge on any atom is -0.394 e. The van der Waals surface area contributed by atoms with Crippen molar-refractivity contribution in [2.75, 3.05) is 92.5 Å². The molecule has 1 N–H and O–H groups in total. The fourth-order valence-electron chi connectivity index (χ4n) is 3.72. The van der Waals surface area contributed by atoms with Gasteiger partial charge in [0.15, 0.2) is 0 Å². The van der Waals surface area contributed by atoms with E-state index in [9.17, 15) is 0 Å². The van der Waals surface area contributed by atoms with E-state index in [-0.39, 0.29) is 12.2 Å². The zero-order valence-corrected chi connectivity index (χ0v) is 25.2. The molecule has 0 aromatic rings. The van der Waals surface area contributed by atoms with Gasteiger partial charge in [-0.1, -0.05) is 64.2 Å². The third kappa shape index (κ3) is 35.7. The number of hydrogen-bond donors (Lipinski definition) is 1. The zero-order valence-electron chi connectivity index (χ0n) is 25.2. The van der Waals surface area contributed by atoms with Crippen LogP contribution in [0.1, 0.15) is 97.8 Å². The molecule has 0 aliphatic heterocycles. The number of rotatable bonds is 32. The minimum absolute atomic E-state index is 0.00664. The smallest absolute Gasteiger partial charge is 0.0701 e. The lowest BCUT2D eigenvalue weighted by Crippen LogP contribution is -2.19. The van der Waals surface area contributed by atoms with Gasteiger partial charge in [0.1, 0.15) is 0 Å². The first-order valence-corrected chi connectivity index (χ1v) is 15.3. The second-order valence-electron chi connectivity index (χ2n) is 10.6. The monoisotopic (exact) mass is 550 g/mol. The summed E-state index contributed by atoms with van der Waals surface area (Å²) in [6, 6.07) is 0. The van der Waals surface area contributed by atoms with Crippen molar-refractivity contribution in [1.29, 1.82) is 0 Å². The van der Waals surface area contributed by atoms with E-state index in [1.54, 1.807) is 0 Å². The molecule has 0 rings (SSSR count). The number of aliphatic hydroxyl groups is 1. The van der Waals surface area contributed by atoms with Crippen LogP contribution in [0.25, 0.3) is 0 Å². The Morgan fingerprint density at radius 1 is 0.342 bits per heavy atom. The molecule has 0 aliphatic carbocycles. The minimum atomic E-state index is 0.00664. The Morgan fingerprint density at radius 2 is 0.605 bits per heavy atom. The lowest BCUT2D eigenvalue weighted by molar-refractivity contribution is -0.0182. The summed E-state index contributed by atoms with van der Waals surface area (Å²) >= 11 is 0. The van der Waals surface area contributed by atoms with E-state index < -0.39 is 0 Å². The summed E-state index contributed by atoms with van der Waals surface area (Å²) in [5, 5.41) is 8.57. The molecule has 230 valence electrons. The second kappa shape index (κ2) is 31.2. The lowest BCUT2D eigenvalue weighted by Gasteiger charge is -2.19. The van der Waals surface area contributed by atoms with Gasteiger partial charge in [-0.2, -0.15) is 0 Å². The summed E-state index contributed by atoms with van der Waals surface area (Å²) in [5.41, 5.74) is 0.00664. The number of unbranched alkanes of at least 4 members (excludes halogenated alkanes) is 11. The summed E-state index contributed by atoms with van der Waals surface area (Å²) in [6.07, 6.45) is 15.8. The highest BCUT2D eigenvalue weighted by Crippen LogP contribution is 2.13. The van der Waals surface area contributed by atoms with E-state index >= 15 is 0 Å². The van der Waals surface area contributed by atoms with Crippen LogP contribution in [-0.2, 0) is 33.2 Å². The van der Waals surface area contributed by atoms with E-state index in [0.29, 0.717) is 72.7 Å². The van der Waals surface area contributed by atoms with Crippen LogP contribution in [0.4, 0.5) is 0 Å². The maximum Gasteiger partial charge on any atom is 0.0701 e. The topological polar surface area (TPSA) is 84.8 Å². The van der Waals surface area contributed by atoms with Crippen LogP contribution in [0.3, 0.4) is 0 Å². The van der Waals surface area contributed by atoms with Gasteiger partial charge >= 0.3 is 0 Å². The fourth-order valence-corrected chi connectivity index (χ4v) is 3.72. The Balaban J connectivity index is 3.04. The lowest BCUT2D eigenvalue weighted by atomic mass is 10.1. The Kier molecular flexibility index (Phi) is 30.9. The maximum atomic E-state index is 8.57. The molecular formula is C30H62O8. The Hall–Kier alpha value is -0.320. The highest BCUT2D eigenvalue weighted by molar-refractivity contribution is 4.58. The Labute approximate surface area is 234 Å². The molecule has 0 aromatic heterocycles. The molecule has 0 radical (unpaired) electrons. The van der Waals surface area contributed by atoms with Crippen molar-refractivity contribution >= 4 is 0 Å². The summed E-state index contributed by atoms with van der Waals surface area (Å²) in [5.74, 6) is 0. The SMILES string of the molecule is CC(C)(C)OCCCCCCCCCCCCCCOCCOCCOCCOCCOCCOCCO. The second-order valence-corrected chi connectivity index (χ2v) is 10.6. The first kappa shape index (κ1) is 37.7. The maximum absolute atomic E-state index is 8.57. The van der Waals surface area contributed by atoms with Crippen LogP contribution in [-0.4, -0.2) is 103 Å². The van der Waals surface area contributed by atoms with Crippen molar-refractivity contribution in [3.05, 3.63) is 0 Å². The van der Waals surface area contributed by atoms with E-state index in [1.165, 1.54) is 70.6 Å². The molecule has 8 heteroatoms. The predicted octanol–water partition coefficient (Wildman–Crippen LogP) is 5.57. The van der Waals surface area contributed by atoms with Crippen molar-refractivity contribution in [3.8, 4) is 0 Å². The van der Waals surface area contributed by atoms with E-state index in [2.05, 4.69) is 20.8 Å². The van der Waals surface area contributed by atoms with Gasteiger partial charge in [0.05, 0.1) is 84.9 Å². The summed E-state index contributed by atoms with van der Waals surface area (Å²) < 4.78 is 38.3. The molecule has 0 saturated heterocycles. The van der Waals surface area contributed by atoms with Crippen LogP contribution in [0.5, 0.6) is 0 Å². The molecule has 38 heavy (non-hydrogen) atoms. The predicted molar refractivity (Wildman–Crippen MR) is 153 cm³/mol. The van der Waals surface area contributed by atoms with Crippen molar-refractivity contribution in [2.24, 2.45) is 0 Å². The first-order chi connectivity index (χ1) is 18.6. The molecule has 0 heterocycles. The number of aliphatic hydroxyl groups excluding tert-OH is 1. The van der Waals surface area contributed by atoms with Crippen molar-refractivity contribution in [3.63, 3.8) is 0 Å². The molecule has 0 saturated carbocycles. The van der Waals surface area contributed by atoms with Gasteiger partial charge in [0.2, 0.25) is 0 Å². The summed E-state index contributed by atoms with van der Waals surface area (Å²) in [6.45, 7) is 14.1. The standard InChI is InChI=1S/C30H62O8/c1-30(2,3)38-18-15-13-11-9-7-5-4-6-8-10-12-14-17-32-20-22-34-24-26-36-28-29-37-27-25-35-23-21-33-19-16-31/h31H,4-29H2,1-3H3. The van der Waals surface area contributed by atoms with Gasteiger partial charge in [-0.3, -0.25) is 0 Å². The van der Waals surface area contributed by atoms with Gasteiger partial charge in [-0.25, -0.2) is 0 Å². The molecule has 0 aromatic carbocycles. The van der Waals surface area contributed by atoms with E-state index in [1.807, 2.05) is 0 Å². The van der Waals surface area contributed by atoms with Crippen molar-refractivity contribution in [1.82, 2.24) is 0 Å². The average molecular weight is 551 g/mol.